The van der Waals surface area contributed by atoms with Gasteiger partial charge in [-0.3, -0.25) is 19.2 Å². The Kier molecular flexibility index (Phi) is 12.2. The van der Waals surface area contributed by atoms with Crippen molar-refractivity contribution in [2.45, 2.75) is 62.7 Å². The maximum absolute atomic E-state index is 13.4. The normalized spacial score (nSPS) is 13.8. The van der Waals surface area contributed by atoms with Crippen LogP contribution in [0.25, 0.3) is 10.9 Å². The molecule has 0 radical (unpaired) electrons. The van der Waals surface area contributed by atoms with E-state index in [0.717, 1.165) is 16.5 Å². The van der Waals surface area contributed by atoms with E-state index < -0.39 is 60.2 Å². The minimum atomic E-state index is -1.50. The number of benzene rings is 2. The second-order valence-corrected chi connectivity index (χ2v) is 10.3. The van der Waals surface area contributed by atoms with E-state index in [0.29, 0.717) is 31.4 Å². The molecule has 0 fully saturated rings. The molecule has 0 bridgehead atoms. The smallest absolute Gasteiger partial charge is 0.326 e. The number of H-pyrrole nitrogens is 1. The summed E-state index contributed by atoms with van der Waals surface area (Å²) in [5, 5.41) is 18.2. The largest absolute Gasteiger partial charge is 0.480 e. The van der Waals surface area contributed by atoms with Crippen LogP contribution < -0.4 is 33.2 Å². The van der Waals surface area contributed by atoms with Gasteiger partial charge in [-0.25, -0.2) is 4.79 Å². The topological polar surface area (TPSA) is 236 Å². The highest BCUT2D eigenvalue weighted by molar-refractivity contribution is 5.96. The molecule has 13 nitrogen and oxygen atoms in total. The molecule has 1 aromatic heterocycles. The molecule has 230 valence electrons. The fourth-order valence-corrected chi connectivity index (χ4v) is 4.65. The van der Waals surface area contributed by atoms with Crippen molar-refractivity contribution in [3.63, 3.8) is 0 Å². The zero-order chi connectivity index (χ0) is 31.4. The number of hydrogen-bond donors (Lipinski definition) is 8. The number of carbonyl (C=O) groups is 5. The number of nitrogens with one attached hydrogen (secondary N) is 4. The van der Waals surface area contributed by atoms with Crippen LogP contribution in [0, 0.1) is 0 Å². The van der Waals surface area contributed by atoms with E-state index >= 15 is 0 Å². The van der Waals surface area contributed by atoms with Gasteiger partial charge in [0, 0.05) is 29.9 Å². The van der Waals surface area contributed by atoms with Crippen LogP contribution in [0.3, 0.4) is 0 Å². The van der Waals surface area contributed by atoms with Gasteiger partial charge >= 0.3 is 5.97 Å². The van der Waals surface area contributed by atoms with E-state index in [1.165, 1.54) is 0 Å². The van der Waals surface area contributed by atoms with Crippen molar-refractivity contribution < 1.29 is 29.1 Å². The predicted molar refractivity (Wildman–Crippen MR) is 160 cm³/mol. The molecular weight excluding hydrogens is 554 g/mol. The molecular formula is C30H39N7O6. The molecule has 0 spiro atoms. The van der Waals surface area contributed by atoms with Crippen molar-refractivity contribution in [1.29, 1.82) is 0 Å². The number of carbonyl (C=O) groups excluding carboxylic acids is 4. The number of para-hydroxylation sites is 1. The molecule has 3 aromatic rings. The van der Waals surface area contributed by atoms with Crippen LogP contribution in [0.2, 0.25) is 0 Å². The number of rotatable bonds is 17. The van der Waals surface area contributed by atoms with E-state index in [-0.39, 0.29) is 12.8 Å². The highest BCUT2D eigenvalue weighted by Crippen LogP contribution is 2.19. The molecule has 4 unspecified atom stereocenters. The molecule has 0 aliphatic carbocycles. The van der Waals surface area contributed by atoms with Crippen molar-refractivity contribution in [1.82, 2.24) is 20.9 Å². The van der Waals surface area contributed by atoms with Gasteiger partial charge in [0.15, 0.2) is 0 Å². The van der Waals surface area contributed by atoms with Gasteiger partial charge in [0.2, 0.25) is 23.6 Å². The first-order valence-electron chi connectivity index (χ1n) is 14.1. The first-order chi connectivity index (χ1) is 20.6. The number of carboxylic acid groups (broad SMARTS) is 1. The molecule has 1 heterocycles. The number of amides is 4. The lowest BCUT2D eigenvalue weighted by molar-refractivity contribution is -0.142. The van der Waals surface area contributed by atoms with Gasteiger partial charge in [-0.05, 0) is 36.6 Å². The molecule has 3 rings (SSSR count). The Morgan fingerprint density at radius 1 is 0.791 bits per heavy atom. The second-order valence-electron chi connectivity index (χ2n) is 10.3. The van der Waals surface area contributed by atoms with Crippen molar-refractivity contribution in [2.75, 3.05) is 6.54 Å². The van der Waals surface area contributed by atoms with Crippen molar-refractivity contribution in [3.8, 4) is 0 Å². The number of carboxylic acids is 1. The summed E-state index contributed by atoms with van der Waals surface area (Å²) in [6, 6.07) is 11.3. The minimum absolute atomic E-state index is 0.0585. The highest BCUT2D eigenvalue weighted by atomic mass is 16.4. The summed E-state index contributed by atoms with van der Waals surface area (Å²) in [7, 11) is 0. The predicted octanol–water partition coefficient (Wildman–Crippen LogP) is -0.176. The number of nitrogens with two attached hydrogens (primary N) is 3. The number of hydrogen-bond acceptors (Lipinski definition) is 7. The van der Waals surface area contributed by atoms with Crippen molar-refractivity contribution >= 4 is 40.5 Å². The fraction of sp³-hybridized carbons (Fsp3) is 0.367. The highest BCUT2D eigenvalue weighted by Gasteiger charge is 2.31. The summed E-state index contributed by atoms with van der Waals surface area (Å²) in [6.45, 7) is 0.460. The van der Waals surface area contributed by atoms with Gasteiger partial charge in [-0.15, -0.1) is 0 Å². The van der Waals surface area contributed by atoms with Gasteiger partial charge in [0.25, 0.3) is 0 Å². The Bertz CT molecular complexity index is 1410. The lowest BCUT2D eigenvalue weighted by Gasteiger charge is -2.25. The lowest BCUT2D eigenvalue weighted by atomic mass is 10.0. The molecule has 0 saturated heterocycles. The fourth-order valence-electron chi connectivity index (χ4n) is 4.65. The van der Waals surface area contributed by atoms with Gasteiger partial charge in [-0.2, -0.15) is 0 Å². The summed E-state index contributed by atoms with van der Waals surface area (Å²) in [4.78, 5) is 66.5. The lowest BCUT2D eigenvalue weighted by Crippen LogP contribution is -2.58. The zero-order valence-electron chi connectivity index (χ0n) is 23.8. The summed E-state index contributed by atoms with van der Waals surface area (Å²) >= 11 is 0. The molecule has 0 aliphatic heterocycles. The molecule has 43 heavy (non-hydrogen) atoms. The van der Waals surface area contributed by atoms with Crippen LogP contribution in [0.1, 0.15) is 36.8 Å². The minimum Gasteiger partial charge on any atom is -0.480 e. The Morgan fingerprint density at radius 2 is 1.42 bits per heavy atom. The van der Waals surface area contributed by atoms with E-state index in [2.05, 4.69) is 20.9 Å². The van der Waals surface area contributed by atoms with Crippen LogP contribution >= 0.6 is 0 Å². The number of primary amides is 1. The van der Waals surface area contributed by atoms with Crippen LogP contribution in [-0.2, 0) is 36.8 Å². The molecule has 0 aliphatic rings. The first kappa shape index (κ1) is 32.8. The molecule has 13 heteroatoms. The summed E-state index contributed by atoms with van der Waals surface area (Å²) < 4.78 is 0. The number of aliphatic carboxylic acids is 1. The quantitative estimate of drug-likeness (QED) is 0.0975. The maximum Gasteiger partial charge on any atom is 0.326 e. The molecule has 4 atom stereocenters. The summed E-state index contributed by atoms with van der Waals surface area (Å²) in [6.07, 6.45) is 2.76. The number of aromatic nitrogens is 1. The number of fused-ring (bicyclic) bond motifs is 1. The van der Waals surface area contributed by atoms with Gasteiger partial charge in [0.05, 0.1) is 12.5 Å². The van der Waals surface area contributed by atoms with E-state index in [4.69, 9.17) is 17.2 Å². The third-order valence-corrected chi connectivity index (χ3v) is 6.97. The standard InChI is InChI=1S/C30H39N7O6/c31-13-7-6-11-21(32)27(39)35-23(14-18-8-2-1-3-9-18)28(40)36-24(16-26(33)38)29(41)37-25(30(42)43)15-19-17-34-22-12-5-4-10-20(19)22/h1-5,8-10,12,17,21,23-25,34H,6-7,11,13-16,31-32H2,(H2,33,38)(H,35,39)(H,36,40)(H,37,41)(H,42,43). The van der Waals surface area contributed by atoms with E-state index in [9.17, 15) is 29.1 Å². The maximum atomic E-state index is 13.4. The van der Waals surface area contributed by atoms with Crippen molar-refractivity contribution in [3.05, 3.63) is 71.9 Å². The monoisotopic (exact) mass is 593 g/mol. The third-order valence-electron chi connectivity index (χ3n) is 6.97. The van der Waals surface area contributed by atoms with Crippen LogP contribution in [-0.4, -0.2) is 70.4 Å². The second kappa shape index (κ2) is 16.0. The summed E-state index contributed by atoms with van der Waals surface area (Å²) in [5.41, 5.74) is 19.1. The molecule has 11 N–H and O–H groups in total. The number of aromatic amines is 1. The Morgan fingerprint density at radius 3 is 2.09 bits per heavy atom. The van der Waals surface area contributed by atoms with Gasteiger partial charge in [0.1, 0.15) is 18.1 Å². The van der Waals surface area contributed by atoms with Crippen LogP contribution in [0.5, 0.6) is 0 Å². The Balaban J connectivity index is 1.76. The Hall–Kier alpha value is -4.75. The molecule has 0 saturated carbocycles. The average molecular weight is 594 g/mol. The summed E-state index contributed by atoms with van der Waals surface area (Å²) in [5.74, 6) is -4.44. The Labute approximate surface area is 248 Å². The van der Waals surface area contributed by atoms with Gasteiger partial charge < -0.3 is 43.2 Å². The SMILES string of the molecule is NCCCCC(N)C(=O)NC(Cc1ccccc1)C(=O)NC(CC(N)=O)C(=O)NC(Cc1c[nH]c2ccccc12)C(=O)O. The van der Waals surface area contributed by atoms with Crippen LogP contribution in [0.15, 0.2) is 60.8 Å². The molecule has 2 aromatic carbocycles. The van der Waals surface area contributed by atoms with E-state index in [1.54, 1.807) is 36.5 Å². The van der Waals surface area contributed by atoms with Crippen molar-refractivity contribution in [2.24, 2.45) is 17.2 Å². The number of unbranched alkanes of at least 4 members (excludes halogenated alkanes) is 1. The average Bonchev–Trinajstić information content (AvgIpc) is 3.39. The third kappa shape index (κ3) is 9.94. The van der Waals surface area contributed by atoms with Crippen LogP contribution in [0.4, 0.5) is 0 Å². The zero-order valence-corrected chi connectivity index (χ0v) is 23.8. The van der Waals surface area contributed by atoms with E-state index in [1.807, 2.05) is 24.3 Å². The van der Waals surface area contributed by atoms with Gasteiger partial charge in [-0.1, -0.05) is 55.0 Å². The molecule has 4 amide bonds. The first-order valence-corrected chi connectivity index (χ1v) is 14.1.